The second kappa shape index (κ2) is 10.2. The predicted octanol–water partition coefficient (Wildman–Crippen LogP) is 5.46. The zero-order valence-electron chi connectivity index (χ0n) is 19.5. The maximum Gasteiger partial charge on any atom is 0.264 e. The number of anilines is 1. The summed E-state index contributed by atoms with van der Waals surface area (Å²) in [7, 11) is 4.00. The summed E-state index contributed by atoms with van der Waals surface area (Å²) >= 11 is 1.50. The van der Waals surface area contributed by atoms with Crippen molar-refractivity contribution in [2.24, 2.45) is 0 Å². The monoisotopic (exact) mass is 463 g/mol. The van der Waals surface area contributed by atoms with Gasteiger partial charge in [-0.2, -0.15) is 0 Å². The number of hydrogen-bond acceptors (Lipinski definition) is 6. The van der Waals surface area contributed by atoms with Crippen LogP contribution in [0.2, 0.25) is 0 Å². The van der Waals surface area contributed by atoms with Crippen molar-refractivity contribution < 1.29 is 14.3 Å². The van der Waals surface area contributed by atoms with Crippen LogP contribution in [0.15, 0.2) is 54.6 Å². The van der Waals surface area contributed by atoms with Gasteiger partial charge in [-0.15, -0.1) is 0 Å². The minimum absolute atomic E-state index is 0.117. The van der Waals surface area contributed by atoms with Crippen LogP contribution >= 0.6 is 11.3 Å². The molecule has 0 radical (unpaired) electrons. The number of aromatic nitrogens is 1. The SMILES string of the molecule is CCOc1ccc2ccccc2c1C(=O)N(CCN(C)C)c1nc2c(OCC)cccc2s1. The molecule has 0 aliphatic rings. The fraction of sp³-hybridized carbons (Fsp3) is 0.308. The van der Waals surface area contributed by atoms with Crippen molar-refractivity contribution in [3.63, 3.8) is 0 Å². The molecule has 7 heteroatoms. The van der Waals surface area contributed by atoms with E-state index in [0.717, 1.165) is 26.7 Å². The van der Waals surface area contributed by atoms with E-state index in [2.05, 4.69) is 4.90 Å². The first kappa shape index (κ1) is 23.0. The quantitative estimate of drug-likeness (QED) is 0.330. The molecule has 4 rings (SSSR count). The van der Waals surface area contributed by atoms with Crippen molar-refractivity contribution in [2.75, 3.05) is 45.3 Å². The van der Waals surface area contributed by atoms with Gasteiger partial charge in [-0.1, -0.05) is 47.7 Å². The number of amides is 1. The van der Waals surface area contributed by atoms with Crippen LogP contribution in [0.25, 0.3) is 21.0 Å². The minimum Gasteiger partial charge on any atom is -0.493 e. The molecular formula is C26H29N3O3S. The van der Waals surface area contributed by atoms with Crippen molar-refractivity contribution >= 4 is 43.4 Å². The molecule has 0 fully saturated rings. The zero-order chi connectivity index (χ0) is 23.4. The maximum atomic E-state index is 14.1. The molecule has 6 nitrogen and oxygen atoms in total. The van der Waals surface area contributed by atoms with Crippen LogP contribution in [-0.4, -0.2) is 56.2 Å². The van der Waals surface area contributed by atoms with Crippen molar-refractivity contribution in [2.45, 2.75) is 13.8 Å². The van der Waals surface area contributed by atoms with E-state index >= 15 is 0 Å². The average molecular weight is 464 g/mol. The van der Waals surface area contributed by atoms with Crippen LogP contribution in [0.1, 0.15) is 24.2 Å². The Hall–Kier alpha value is -3.16. The molecule has 4 aromatic rings. The van der Waals surface area contributed by atoms with Gasteiger partial charge in [0, 0.05) is 13.1 Å². The topological polar surface area (TPSA) is 54.9 Å². The van der Waals surface area contributed by atoms with Crippen molar-refractivity contribution in [1.82, 2.24) is 9.88 Å². The Morgan fingerprint density at radius 3 is 2.42 bits per heavy atom. The number of rotatable bonds is 9. The summed E-state index contributed by atoms with van der Waals surface area (Å²) in [6, 6.07) is 17.7. The van der Waals surface area contributed by atoms with Crippen molar-refractivity contribution in [3.8, 4) is 11.5 Å². The molecule has 1 heterocycles. The van der Waals surface area contributed by atoms with Gasteiger partial charge < -0.3 is 14.4 Å². The van der Waals surface area contributed by atoms with Gasteiger partial charge in [-0.25, -0.2) is 4.98 Å². The summed E-state index contributed by atoms with van der Waals surface area (Å²) in [5.41, 5.74) is 1.35. The molecule has 33 heavy (non-hydrogen) atoms. The zero-order valence-corrected chi connectivity index (χ0v) is 20.3. The van der Waals surface area contributed by atoms with Crippen LogP contribution in [-0.2, 0) is 0 Å². The molecule has 1 amide bonds. The number of fused-ring (bicyclic) bond motifs is 2. The lowest BCUT2D eigenvalue weighted by atomic mass is 10.0. The van der Waals surface area contributed by atoms with Crippen LogP contribution in [0.3, 0.4) is 0 Å². The number of benzene rings is 3. The smallest absolute Gasteiger partial charge is 0.264 e. The number of para-hydroxylation sites is 1. The van der Waals surface area contributed by atoms with Gasteiger partial charge in [0.15, 0.2) is 5.13 Å². The molecule has 0 aliphatic heterocycles. The lowest BCUT2D eigenvalue weighted by Gasteiger charge is -2.24. The van der Waals surface area contributed by atoms with Crippen LogP contribution < -0.4 is 14.4 Å². The number of nitrogens with zero attached hydrogens (tertiary/aromatic N) is 3. The van der Waals surface area contributed by atoms with Gasteiger partial charge in [0.2, 0.25) is 0 Å². The van der Waals surface area contributed by atoms with E-state index in [4.69, 9.17) is 14.5 Å². The molecule has 0 spiro atoms. The van der Waals surface area contributed by atoms with Crippen LogP contribution in [0.4, 0.5) is 5.13 Å². The Morgan fingerprint density at radius 2 is 1.67 bits per heavy atom. The molecule has 3 aromatic carbocycles. The first-order chi connectivity index (χ1) is 16.0. The van der Waals surface area contributed by atoms with E-state index < -0.39 is 0 Å². The molecule has 0 aliphatic carbocycles. The first-order valence-corrected chi connectivity index (χ1v) is 12.0. The summed E-state index contributed by atoms with van der Waals surface area (Å²) < 4.78 is 12.7. The standard InChI is InChI=1S/C26H29N3O3S/c1-5-31-20-15-14-18-10-7-8-11-19(18)23(20)25(30)29(17-16-28(3)4)26-27-24-21(32-6-2)12-9-13-22(24)33-26/h7-15H,5-6,16-17H2,1-4H3. The summed E-state index contributed by atoms with van der Waals surface area (Å²) in [6.45, 7) is 6.13. The number of ether oxygens (including phenoxy) is 2. The van der Waals surface area contributed by atoms with Gasteiger partial charge in [0.05, 0.1) is 23.5 Å². The molecule has 0 saturated carbocycles. The number of hydrogen-bond donors (Lipinski definition) is 0. The number of likely N-dealkylation sites (N-methyl/N-ethyl adjacent to an activating group) is 1. The fourth-order valence-corrected chi connectivity index (χ4v) is 4.77. The van der Waals surface area contributed by atoms with E-state index in [9.17, 15) is 4.79 Å². The molecule has 0 unspecified atom stereocenters. The number of thiazole rings is 1. The molecule has 0 bridgehead atoms. The minimum atomic E-state index is -0.117. The largest absolute Gasteiger partial charge is 0.493 e. The van der Waals surface area contributed by atoms with Gasteiger partial charge in [-0.05, 0) is 56.9 Å². The number of carbonyl (C=O) groups is 1. The third-order valence-corrected chi connectivity index (χ3v) is 6.37. The van der Waals surface area contributed by atoms with Gasteiger partial charge in [0.25, 0.3) is 5.91 Å². The Kier molecular flexibility index (Phi) is 7.11. The summed E-state index contributed by atoms with van der Waals surface area (Å²) in [4.78, 5) is 22.8. The second-order valence-corrected chi connectivity index (χ2v) is 8.89. The average Bonchev–Trinajstić information content (AvgIpc) is 3.24. The van der Waals surface area contributed by atoms with E-state index in [1.165, 1.54) is 11.3 Å². The highest BCUT2D eigenvalue weighted by Crippen LogP contribution is 2.36. The van der Waals surface area contributed by atoms with Crippen LogP contribution in [0.5, 0.6) is 11.5 Å². The number of carbonyl (C=O) groups excluding carboxylic acids is 1. The highest BCUT2D eigenvalue weighted by Gasteiger charge is 2.26. The third kappa shape index (κ3) is 4.79. The van der Waals surface area contributed by atoms with Gasteiger partial charge in [0.1, 0.15) is 17.0 Å². The molecule has 1 aromatic heterocycles. The van der Waals surface area contributed by atoms with Crippen molar-refractivity contribution in [3.05, 3.63) is 60.2 Å². The van der Waals surface area contributed by atoms with E-state index in [1.807, 2.05) is 82.5 Å². The predicted molar refractivity (Wildman–Crippen MR) is 136 cm³/mol. The Morgan fingerprint density at radius 1 is 0.909 bits per heavy atom. The van der Waals surface area contributed by atoms with Gasteiger partial charge >= 0.3 is 0 Å². The van der Waals surface area contributed by atoms with Crippen LogP contribution in [0, 0.1) is 0 Å². The Balaban J connectivity index is 1.85. The Bertz CT molecular complexity index is 1270. The highest BCUT2D eigenvalue weighted by molar-refractivity contribution is 7.22. The second-order valence-electron chi connectivity index (χ2n) is 7.89. The molecule has 0 atom stereocenters. The highest BCUT2D eigenvalue weighted by atomic mass is 32.1. The summed E-state index contributed by atoms with van der Waals surface area (Å²) in [5, 5.41) is 2.53. The van der Waals surface area contributed by atoms with Gasteiger partial charge in [-0.3, -0.25) is 9.69 Å². The lowest BCUT2D eigenvalue weighted by Crippen LogP contribution is -2.37. The van der Waals surface area contributed by atoms with Crippen molar-refractivity contribution in [1.29, 1.82) is 0 Å². The summed E-state index contributed by atoms with van der Waals surface area (Å²) in [6.07, 6.45) is 0. The molecule has 0 saturated heterocycles. The molecule has 172 valence electrons. The normalized spacial score (nSPS) is 11.3. The lowest BCUT2D eigenvalue weighted by molar-refractivity contribution is 0.0983. The first-order valence-electron chi connectivity index (χ1n) is 11.2. The summed E-state index contributed by atoms with van der Waals surface area (Å²) in [5.74, 6) is 1.21. The third-order valence-electron chi connectivity index (χ3n) is 5.32. The molecule has 0 N–H and O–H groups in total. The Labute approximate surface area is 198 Å². The van der Waals surface area contributed by atoms with E-state index in [-0.39, 0.29) is 5.91 Å². The van der Waals surface area contributed by atoms with E-state index in [1.54, 1.807) is 4.90 Å². The maximum absolute atomic E-state index is 14.1. The molecular weight excluding hydrogens is 434 g/mol. The fourth-order valence-electron chi connectivity index (χ4n) is 3.77. The van der Waals surface area contributed by atoms with E-state index in [0.29, 0.717) is 42.7 Å².